The smallest absolute Gasteiger partial charge is 0.255 e. The van der Waals surface area contributed by atoms with Crippen LogP contribution in [0.5, 0.6) is 0 Å². The summed E-state index contributed by atoms with van der Waals surface area (Å²) in [5.41, 5.74) is 1.73. The Hall–Kier alpha value is -1.89. The molecular formula is C18H21ClN2O3S. The van der Waals surface area contributed by atoms with E-state index in [-0.39, 0.29) is 10.5 Å². The van der Waals surface area contributed by atoms with Crippen molar-refractivity contribution in [1.82, 2.24) is 4.31 Å². The van der Waals surface area contributed by atoms with Gasteiger partial charge in [0.2, 0.25) is 10.0 Å². The van der Waals surface area contributed by atoms with Crippen molar-refractivity contribution in [3.63, 3.8) is 0 Å². The molecule has 0 heterocycles. The maximum absolute atomic E-state index is 12.6. The molecule has 0 spiro atoms. The molecule has 0 aliphatic carbocycles. The van der Waals surface area contributed by atoms with Gasteiger partial charge in [-0.1, -0.05) is 37.6 Å². The number of nitrogens with one attached hydrogen (secondary N) is 1. The summed E-state index contributed by atoms with van der Waals surface area (Å²) in [6, 6.07) is 11.2. The van der Waals surface area contributed by atoms with Crippen molar-refractivity contribution in [2.24, 2.45) is 0 Å². The summed E-state index contributed by atoms with van der Waals surface area (Å²) in [6.07, 6.45) is 0. The minimum absolute atomic E-state index is 0.103. The Labute approximate surface area is 153 Å². The highest BCUT2D eigenvalue weighted by atomic mass is 35.5. The number of nitrogens with zero attached hydrogens (tertiary/aromatic N) is 1. The van der Waals surface area contributed by atoms with Gasteiger partial charge in [0.15, 0.2) is 0 Å². The van der Waals surface area contributed by atoms with E-state index >= 15 is 0 Å². The fourth-order valence-electron chi connectivity index (χ4n) is 2.38. The molecule has 2 rings (SSSR count). The number of rotatable bonds is 6. The Balaban J connectivity index is 2.28. The van der Waals surface area contributed by atoms with Crippen molar-refractivity contribution in [3.05, 3.63) is 58.6 Å². The SMILES string of the molecule is CCN(CC)S(=O)(=O)c1cccc(C(=O)Nc2ccc(C)c(Cl)c2)c1. The number of hydrogen-bond acceptors (Lipinski definition) is 3. The number of anilines is 1. The van der Waals surface area contributed by atoms with E-state index in [1.807, 2.05) is 6.92 Å². The molecule has 134 valence electrons. The second kappa shape index (κ2) is 7.99. The maximum atomic E-state index is 12.6. The van der Waals surface area contributed by atoms with Crippen molar-refractivity contribution in [3.8, 4) is 0 Å². The summed E-state index contributed by atoms with van der Waals surface area (Å²) in [6.45, 7) is 6.17. The Morgan fingerprint density at radius 3 is 2.40 bits per heavy atom. The van der Waals surface area contributed by atoms with Gasteiger partial charge in [-0.15, -0.1) is 0 Å². The van der Waals surface area contributed by atoms with Gasteiger partial charge in [0.05, 0.1) is 4.90 Å². The van der Waals surface area contributed by atoms with Gasteiger partial charge in [0.25, 0.3) is 5.91 Å². The van der Waals surface area contributed by atoms with E-state index in [1.54, 1.807) is 44.2 Å². The average molecular weight is 381 g/mol. The van der Waals surface area contributed by atoms with Crippen LogP contribution in [0.25, 0.3) is 0 Å². The van der Waals surface area contributed by atoms with Crippen LogP contribution in [0.15, 0.2) is 47.4 Å². The van der Waals surface area contributed by atoms with E-state index in [2.05, 4.69) is 5.32 Å². The number of benzene rings is 2. The predicted octanol–water partition coefficient (Wildman–Crippen LogP) is 3.93. The van der Waals surface area contributed by atoms with Gasteiger partial charge in [-0.3, -0.25) is 4.79 Å². The maximum Gasteiger partial charge on any atom is 0.255 e. The van der Waals surface area contributed by atoms with Gasteiger partial charge >= 0.3 is 0 Å². The number of hydrogen-bond donors (Lipinski definition) is 1. The largest absolute Gasteiger partial charge is 0.322 e. The summed E-state index contributed by atoms with van der Waals surface area (Å²) >= 11 is 6.06. The van der Waals surface area contributed by atoms with Crippen LogP contribution in [0.1, 0.15) is 29.8 Å². The Morgan fingerprint density at radius 2 is 1.80 bits per heavy atom. The summed E-state index contributed by atoms with van der Waals surface area (Å²) in [7, 11) is -3.61. The lowest BCUT2D eigenvalue weighted by Gasteiger charge is -2.18. The van der Waals surface area contributed by atoms with Crippen molar-refractivity contribution in [1.29, 1.82) is 0 Å². The predicted molar refractivity (Wildman–Crippen MR) is 101 cm³/mol. The van der Waals surface area contributed by atoms with Gasteiger partial charge in [-0.2, -0.15) is 4.31 Å². The molecule has 0 fully saturated rings. The zero-order valence-electron chi connectivity index (χ0n) is 14.4. The minimum Gasteiger partial charge on any atom is -0.322 e. The molecule has 0 bridgehead atoms. The topological polar surface area (TPSA) is 66.5 Å². The van der Waals surface area contributed by atoms with Crippen molar-refractivity contribution in [2.75, 3.05) is 18.4 Å². The van der Waals surface area contributed by atoms with E-state index in [0.717, 1.165) is 5.56 Å². The molecule has 0 atom stereocenters. The van der Waals surface area contributed by atoms with E-state index in [9.17, 15) is 13.2 Å². The summed E-state index contributed by atoms with van der Waals surface area (Å²) in [5.74, 6) is -0.392. The van der Waals surface area contributed by atoms with Crippen LogP contribution in [0.2, 0.25) is 5.02 Å². The number of sulfonamides is 1. The number of halogens is 1. The van der Waals surface area contributed by atoms with Crippen molar-refractivity contribution < 1.29 is 13.2 Å². The molecule has 2 aromatic rings. The quantitative estimate of drug-likeness (QED) is 0.825. The molecule has 0 saturated carbocycles. The first kappa shape index (κ1) is 19.4. The van der Waals surface area contributed by atoms with E-state index in [0.29, 0.717) is 23.8 Å². The van der Waals surface area contributed by atoms with Crippen molar-refractivity contribution in [2.45, 2.75) is 25.7 Å². The van der Waals surface area contributed by atoms with Crippen LogP contribution in [0.3, 0.4) is 0 Å². The first-order valence-electron chi connectivity index (χ1n) is 7.97. The Bertz CT molecular complexity index is 878. The van der Waals surface area contributed by atoms with Crippen LogP contribution in [0.4, 0.5) is 5.69 Å². The number of amides is 1. The van der Waals surface area contributed by atoms with Gasteiger partial charge in [-0.25, -0.2) is 8.42 Å². The third kappa shape index (κ3) is 4.39. The standard InChI is InChI=1S/C18H21ClN2O3S/c1-4-21(5-2)25(23,24)16-8-6-7-14(11-16)18(22)20-15-10-9-13(3)17(19)12-15/h6-12H,4-5H2,1-3H3,(H,20,22). The molecule has 0 aliphatic heterocycles. The monoisotopic (exact) mass is 380 g/mol. The van der Waals surface area contributed by atoms with Crippen molar-refractivity contribution >= 4 is 33.2 Å². The zero-order valence-corrected chi connectivity index (χ0v) is 16.0. The zero-order chi connectivity index (χ0) is 18.6. The third-order valence-corrected chi connectivity index (χ3v) is 6.32. The molecule has 0 aliphatic rings. The normalized spacial score (nSPS) is 11.6. The Kier molecular flexibility index (Phi) is 6.21. The summed E-state index contributed by atoms with van der Waals surface area (Å²) in [4.78, 5) is 12.5. The average Bonchev–Trinajstić information content (AvgIpc) is 2.59. The highest BCUT2D eigenvalue weighted by Crippen LogP contribution is 2.21. The van der Waals surface area contributed by atoms with E-state index in [1.165, 1.54) is 16.4 Å². The molecule has 1 N–H and O–H groups in total. The molecule has 0 aromatic heterocycles. The van der Waals surface area contributed by atoms with Crippen LogP contribution >= 0.6 is 11.6 Å². The fraction of sp³-hybridized carbons (Fsp3) is 0.278. The lowest BCUT2D eigenvalue weighted by Crippen LogP contribution is -2.30. The number of carbonyl (C=O) groups excluding carboxylic acids is 1. The molecule has 7 heteroatoms. The second-order valence-corrected chi connectivity index (χ2v) is 7.88. The molecule has 0 unspecified atom stereocenters. The molecule has 2 aromatic carbocycles. The van der Waals surface area contributed by atoms with Crippen LogP contribution < -0.4 is 5.32 Å². The minimum atomic E-state index is -3.61. The molecule has 1 amide bonds. The fourth-order valence-corrected chi connectivity index (χ4v) is 4.07. The highest BCUT2D eigenvalue weighted by molar-refractivity contribution is 7.89. The number of carbonyl (C=O) groups is 1. The first-order chi connectivity index (χ1) is 11.8. The molecule has 0 radical (unpaired) electrons. The van der Waals surface area contributed by atoms with Gasteiger partial charge in [-0.05, 0) is 42.8 Å². The van der Waals surface area contributed by atoms with Crippen LogP contribution in [0, 0.1) is 6.92 Å². The van der Waals surface area contributed by atoms with Crippen LogP contribution in [-0.4, -0.2) is 31.7 Å². The molecule has 0 saturated heterocycles. The molecule has 25 heavy (non-hydrogen) atoms. The van der Waals surface area contributed by atoms with E-state index < -0.39 is 15.9 Å². The Morgan fingerprint density at radius 1 is 1.12 bits per heavy atom. The summed E-state index contributed by atoms with van der Waals surface area (Å²) in [5, 5.41) is 3.28. The second-order valence-electron chi connectivity index (χ2n) is 5.54. The van der Waals surface area contributed by atoms with Gasteiger partial charge in [0, 0.05) is 29.4 Å². The lowest BCUT2D eigenvalue weighted by atomic mass is 10.2. The highest BCUT2D eigenvalue weighted by Gasteiger charge is 2.22. The van der Waals surface area contributed by atoms with E-state index in [4.69, 9.17) is 11.6 Å². The summed E-state index contributed by atoms with van der Waals surface area (Å²) < 4.78 is 26.5. The van der Waals surface area contributed by atoms with Crippen LogP contribution in [-0.2, 0) is 10.0 Å². The molecule has 5 nitrogen and oxygen atoms in total. The first-order valence-corrected chi connectivity index (χ1v) is 9.79. The molecular weight excluding hydrogens is 360 g/mol. The van der Waals surface area contributed by atoms with Gasteiger partial charge < -0.3 is 5.32 Å². The number of aryl methyl sites for hydroxylation is 1. The van der Waals surface area contributed by atoms with Gasteiger partial charge in [0.1, 0.15) is 0 Å². The lowest BCUT2D eigenvalue weighted by molar-refractivity contribution is 0.102. The third-order valence-electron chi connectivity index (χ3n) is 3.87.